The van der Waals surface area contributed by atoms with Crippen LogP contribution in [0.2, 0.25) is 0 Å². The minimum atomic E-state index is -1.13. The summed E-state index contributed by atoms with van der Waals surface area (Å²) in [4.78, 5) is 52.2. The second-order valence-electron chi connectivity index (χ2n) is 11.0. The predicted molar refractivity (Wildman–Crippen MR) is 137 cm³/mol. The Hall–Kier alpha value is -3.88. The lowest BCUT2D eigenvalue weighted by atomic mass is 9.93. The number of anilines is 1. The Balaban J connectivity index is 1.71. The maximum absolute atomic E-state index is 13.1. The van der Waals surface area contributed by atoms with E-state index in [1.165, 1.54) is 17.0 Å². The van der Waals surface area contributed by atoms with Gasteiger partial charge in [0.2, 0.25) is 0 Å². The zero-order chi connectivity index (χ0) is 27.4. The normalized spacial score (nSPS) is 17.7. The van der Waals surface area contributed by atoms with Crippen molar-refractivity contribution in [2.45, 2.75) is 72.4 Å². The van der Waals surface area contributed by atoms with Crippen LogP contribution in [0.25, 0.3) is 0 Å². The first-order valence-electron chi connectivity index (χ1n) is 12.1. The standard InChI is InChI=1S/C28H34N2O7/c1-27(2,3)24-30(26(34)35-17-18-10-8-7-9-11-18)21(23(32)36-24)16-22(31)19-12-14-20(15-13-19)29-25(33)37-28(4,5)6/h7-15,21,24H,16-17H2,1-6H3,(H,29,33)/t21-,24-/m0/s1. The van der Waals surface area contributed by atoms with E-state index < -0.39 is 41.4 Å². The van der Waals surface area contributed by atoms with Crippen LogP contribution in [0.3, 0.4) is 0 Å². The first kappa shape index (κ1) is 27.7. The van der Waals surface area contributed by atoms with Crippen molar-refractivity contribution >= 4 is 29.6 Å². The van der Waals surface area contributed by atoms with Gasteiger partial charge in [-0.15, -0.1) is 0 Å². The van der Waals surface area contributed by atoms with E-state index in [4.69, 9.17) is 14.2 Å². The molecule has 2 aromatic rings. The fourth-order valence-electron chi connectivity index (χ4n) is 3.77. The van der Waals surface area contributed by atoms with E-state index in [0.29, 0.717) is 11.3 Å². The van der Waals surface area contributed by atoms with E-state index >= 15 is 0 Å². The summed E-state index contributed by atoms with van der Waals surface area (Å²) in [6.07, 6.45) is -2.51. The molecule has 2 amide bonds. The van der Waals surface area contributed by atoms with Gasteiger partial charge in [-0.2, -0.15) is 0 Å². The molecule has 2 aromatic carbocycles. The van der Waals surface area contributed by atoms with Crippen molar-refractivity contribution < 1.29 is 33.4 Å². The molecular formula is C28H34N2O7. The molecule has 2 atom stereocenters. The van der Waals surface area contributed by atoms with Crippen LogP contribution in [0.15, 0.2) is 54.6 Å². The Morgan fingerprint density at radius 2 is 1.57 bits per heavy atom. The van der Waals surface area contributed by atoms with Crippen molar-refractivity contribution in [2.75, 3.05) is 5.32 Å². The van der Waals surface area contributed by atoms with Crippen LogP contribution in [-0.2, 0) is 25.6 Å². The average molecular weight is 511 g/mol. The van der Waals surface area contributed by atoms with Crippen LogP contribution < -0.4 is 5.32 Å². The number of ketones is 1. The van der Waals surface area contributed by atoms with Gasteiger partial charge in [-0.25, -0.2) is 14.4 Å². The minimum Gasteiger partial charge on any atom is -0.444 e. The third-order valence-corrected chi connectivity index (χ3v) is 5.48. The highest BCUT2D eigenvalue weighted by Crippen LogP contribution is 2.34. The number of esters is 1. The predicted octanol–water partition coefficient (Wildman–Crippen LogP) is 5.54. The number of amides is 2. The second-order valence-corrected chi connectivity index (χ2v) is 11.0. The highest BCUT2D eigenvalue weighted by atomic mass is 16.6. The Bertz CT molecular complexity index is 1130. The molecule has 1 fully saturated rings. The fraction of sp³-hybridized carbons (Fsp3) is 0.429. The molecule has 0 aliphatic carbocycles. The monoisotopic (exact) mass is 510 g/mol. The van der Waals surface area contributed by atoms with Crippen molar-refractivity contribution in [3.05, 3.63) is 65.7 Å². The maximum atomic E-state index is 13.1. The summed E-state index contributed by atoms with van der Waals surface area (Å²) < 4.78 is 16.2. The first-order valence-corrected chi connectivity index (χ1v) is 12.1. The molecule has 9 heteroatoms. The largest absolute Gasteiger partial charge is 0.444 e. The number of carbonyl (C=O) groups excluding carboxylic acids is 4. The van der Waals surface area contributed by atoms with Gasteiger partial charge in [0.15, 0.2) is 12.0 Å². The lowest BCUT2D eigenvalue weighted by Gasteiger charge is -2.33. The third-order valence-electron chi connectivity index (χ3n) is 5.48. The van der Waals surface area contributed by atoms with Crippen LogP contribution in [-0.4, -0.2) is 46.7 Å². The quantitative estimate of drug-likeness (QED) is 0.308. The zero-order valence-corrected chi connectivity index (χ0v) is 22.1. The van der Waals surface area contributed by atoms with Gasteiger partial charge in [-0.05, 0) is 50.6 Å². The van der Waals surface area contributed by atoms with Crippen molar-refractivity contribution in [1.29, 1.82) is 0 Å². The molecule has 0 spiro atoms. The van der Waals surface area contributed by atoms with E-state index in [2.05, 4.69) is 5.32 Å². The number of ether oxygens (including phenoxy) is 3. The average Bonchev–Trinajstić information content (AvgIpc) is 3.14. The Labute approximate surface area is 217 Å². The molecule has 0 saturated carbocycles. The molecule has 198 valence electrons. The van der Waals surface area contributed by atoms with Gasteiger partial charge in [0.05, 0.1) is 0 Å². The number of nitrogens with zero attached hydrogens (tertiary/aromatic N) is 1. The number of benzene rings is 2. The molecule has 0 bridgehead atoms. The van der Waals surface area contributed by atoms with Crippen molar-refractivity contribution in [3.63, 3.8) is 0 Å². The minimum absolute atomic E-state index is 0.0218. The number of rotatable bonds is 6. The number of cyclic esters (lactones) is 1. The van der Waals surface area contributed by atoms with Crippen LogP contribution in [0.4, 0.5) is 15.3 Å². The molecule has 1 N–H and O–H groups in total. The molecule has 37 heavy (non-hydrogen) atoms. The Morgan fingerprint density at radius 1 is 0.946 bits per heavy atom. The van der Waals surface area contributed by atoms with Crippen molar-refractivity contribution in [3.8, 4) is 0 Å². The van der Waals surface area contributed by atoms with Gasteiger partial charge in [0.25, 0.3) is 0 Å². The van der Waals surface area contributed by atoms with Gasteiger partial charge in [0, 0.05) is 23.1 Å². The summed E-state index contributed by atoms with van der Waals surface area (Å²) in [6.45, 7) is 10.8. The fourth-order valence-corrected chi connectivity index (χ4v) is 3.77. The molecule has 1 saturated heterocycles. The first-order chi connectivity index (χ1) is 17.2. The number of hydrogen-bond donors (Lipinski definition) is 1. The highest BCUT2D eigenvalue weighted by Gasteiger charge is 2.51. The maximum Gasteiger partial charge on any atom is 0.413 e. The Morgan fingerprint density at radius 3 is 2.14 bits per heavy atom. The van der Waals surface area contributed by atoms with E-state index in [1.54, 1.807) is 32.9 Å². The number of hydrogen-bond acceptors (Lipinski definition) is 7. The molecule has 9 nitrogen and oxygen atoms in total. The highest BCUT2D eigenvalue weighted by molar-refractivity contribution is 6.00. The van der Waals surface area contributed by atoms with Crippen molar-refractivity contribution in [1.82, 2.24) is 4.90 Å². The zero-order valence-electron chi connectivity index (χ0n) is 22.1. The van der Waals surface area contributed by atoms with Gasteiger partial charge < -0.3 is 14.2 Å². The van der Waals surface area contributed by atoms with Gasteiger partial charge >= 0.3 is 18.2 Å². The smallest absolute Gasteiger partial charge is 0.413 e. The van der Waals surface area contributed by atoms with Crippen LogP contribution >= 0.6 is 0 Å². The van der Waals surface area contributed by atoms with Crippen LogP contribution in [0.5, 0.6) is 0 Å². The van der Waals surface area contributed by atoms with E-state index in [-0.39, 0.29) is 18.8 Å². The molecule has 0 unspecified atom stereocenters. The molecular weight excluding hydrogens is 476 g/mol. The van der Waals surface area contributed by atoms with E-state index in [1.807, 2.05) is 51.1 Å². The second kappa shape index (κ2) is 11.0. The third kappa shape index (κ3) is 7.55. The lowest BCUT2D eigenvalue weighted by Crippen LogP contribution is -2.48. The van der Waals surface area contributed by atoms with Gasteiger partial charge in [-0.3, -0.25) is 15.0 Å². The van der Waals surface area contributed by atoms with Crippen molar-refractivity contribution in [2.24, 2.45) is 5.41 Å². The Kier molecular flexibility index (Phi) is 8.25. The molecule has 1 heterocycles. The molecule has 0 radical (unpaired) electrons. The summed E-state index contributed by atoms with van der Waals surface area (Å²) in [5, 5.41) is 2.60. The van der Waals surface area contributed by atoms with Crippen LogP contribution in [0, 0.1) is 5.41 Å². The number of Topliss-reactive ketones (excluding diaryl/α,β-unsaturated/α-hetero) is 1. The van der Waals surface area contributed by atoms with Gasteiger partial charge in [0.1, 0.15) is 18.2 Å². The molecule has 0 aromatic heterocycles. The molecule has 1 aliphatic heterocycles. The van der Waals surface area contributed by atoms with Gasteiger partial charge in [-0.1, -0.05) is 51.1 Å². The summed E-state index contributed by atoms with van der Waals surface area (Å²) in [7, 11) is 0. The summed E-state index contributed by atoms with van der Waals surface area (Å²) in [6, 6.07) is 14.2. The summed E-state index contributed by atoms with van der Waals surface area (Å²) >= 11 is 0. The summed E-state index contributed by atoms with van der Waals surface area (Å²) in [5.41, 5.74) is 0.315. The molecule has 3 rings (SSSR count). The summed E-state index contributed by atoms with van der Waals surface area (Å²) in [5.74, 6) is -1.02. The van der Waals surface area contributed by atoms with E-state index in [0.717, 1.165) is 5.56 Å². The molecule has 1 aliphatic rings. The lowest BCUT2D eigenvalue weighted by molar-refractivity contribution is -0.147. The SMILES string of the molecule is CC(C)(C)OC(=O)Nc1ccc(C(=O)C[C@H]2C(=O)O[C@@H](C(C)(C)C)N2C(=O)OCc2ccccc2)cc1. The number of carbonyl (C=O) groups is 4. The van der Waals surface area contributed by atoms with E-state index in [9.17, 15) is 19.2 Å². The van der Waals surface area contributed by atoms with Crippen LogP contribution in [0.1, 0.15) is 63.9 Å². The topological polar surface area (TPSA) is 111 Å². The number of nitrogens with one attached hydrogen (secondary N) is 1.